The van der Waals surface area contributed by atoms with Crippen LogP contribution in [0.3, 0.4) is 0 Å². The number of hydrogen-bond acceptors (Lipinski definition) is 1. The minimum Gasteiger partial charge on any atom is -0.481 e. The molecule has 0 bridgehead atoms. The van der Waals surface area contributed by atoms with Crippen molar-refractivity contribution in [1.29, 1.82) is 0 Å². The Morgan fingerprint density at radius 1 is 1.35 bits per heavy atom. The molecule has 0 radical (unpaired) electrons. The fourth-order valence-corrected chi connectivity index (χ4v) is 1.89. The summed E-state index contributed by atoms with van der Waals surface area (Å²) in [5, 5.41) is 9.16. The fourth-order valence-electron chi connectivity index (χ4n) is 1.89. The Morgan fingerprint density at radius 3 is 2.59 bits per heavy atom. The molecule has 0 saturated heterocycles. The molecule has 0 aromatic heterocycles. The van der Waals surface area contributed by atoms with Crippen molar-refractivity contribution in [1.82, 2.24) is 0 Å². The van der Waals surface area contributed by atoms with E-state index in [2.05, 4.69) is 13.8 Å². The number of carboxylic acid groups (broad SMARTS) is 1. The van der Waals surface area contributed by atoms with Gasteiger partial charge < -0.3 is 5.11 Å². The number of hydrogen-bond donors (Lipinski definition) is 1. The van der Waals surface area contributed by atoms with Gasteiger partial charge in [-0.05, 0) is 30.0 Å². The predicted octanol–water partition coefficient (Wildman–Crippen LogP) is 3.82. The van der Waals surface area contributed by atoms with Crippen LogP contribution < -0.4 is 0 Å². The number of benzene rings is 1. The molecule has 0 fully saturated rings. The van der Waals surface area contributed by atoms with Gasteiger partial charge in [0.1, 0.15) is 5.82 Å². The summed E-state index contributed by atoms with van der Waals surface area (Å²) in [4.78, 5) is 11.2. The number of aliphatic carboxylic acids is 1. The normalized spacial score (nSPS) is 12.7. The number of rotatable bonds is 6. The van der Waals surface area contributed by atoms with Crippen molar-refractivity contribution in [3.05, 3.63) is 35.6 Å². The van der Waals surface area contributed by atoms with E-state index >= 15 is 0 Å². The molecule has 3 heteroatoms. The molecule has 0 aliphatic carbocycles. The van der Waals surface area contributed by atoms with E-state index in [1.165, 1.54) is 12.1 Å². The van der Waals surface area contributed by atoms with E-state index in [0.717, 1.165) is 12.8 Å². The molecule has 0 saturated carbocycles. The van der Waals surface area contributed by atoms with Gasteiger partial charge in [0.05, 0.1) is 5.92 Å². The maximum Gasteiger partial charge on any atom is 0.310 e. The smallest absolute Gasteiger partial charge is 0.310 e. The van der Waals surface area contributed by atoms with E-state index in [9.17, 15) is 9.18 Å². The first-order chi connectivity index (χ1) is 8.00. The monoisotopic (exact) mass is 238 g/mol. The second-order valence-electron chi connectivity index (χ2n) is 4.77. The molecule has 0 amide bonds. The third-order valence-corrected chi connectivity index (χ3v) is 2.82. The Bertz CT molecular complexity index is 374. The van der Waals surface area contributed by atoms with Crippen molar-refractivity contribution in [3.8, 4) is 0 Å². The van der Waals surface area contributed by atoms with Crippen LogP contribution in [0.2, 0.25) is 0 Å². The van der Waals surface area contributed by atoms with Gasteiger partial charge in [-0.2, -0.15) is 0 Å². The molecule has 1 N–H and O–H groups in total. The second kappa shape index (κ2) is 6.38. The average Bonchev–Trinajstić information content (AvgIpc) is 2.23. The van der Waals surface area contributed by atoms with Crippen LogP contribution in [0.15, 0.2) is 24.3 Å². The van der Waals surface area contributed by atoms with Crippen LogP contribution in [0, 0.1) is 11.7 Å². The van der Waals surface area contributed by atoms with Crippen LogP contribution in [-0.2, 0) is 4.79 Å². The summed E-state index contributed by atoms with van der Waals surface area (Å²) in [5.41, 5.74) is 0.557. The molecular weight excluding hydrogens is 219 g/mol. The lowest BCUT2D eigenvalue weighted by Gasteiger charge is -2.13. The molecule has 94 valence electrons. The van der Waals surface area contributed by atoms with E-state index in [4.69, 9.17) is 5.11 Å². The summed E-state index contributed by atoms with van der Waals surface area (Å²) < 4.78 is 13.0. The average molecular weight is 238 g/mol. The zero-order valence-corrected chi connectivity index (χ0v) is 10.3. The van der Waals surface area contributed by atoms with Crippen LogP contribution in [0.25, 0.3) is 0 Å². The van der Waals surface area contributed by atoms with E-state index in [1.54, 1.807) is 12.1 Å². The molecular formula is C14H19FO2. The van der Waals surface area contributed by atoms with Crippen molar-refractivity contribution in [3.63, 3.8) is 0 Å². The minimum absolute atomic E-state index is 0.377. The van der Waals surface area contributed by atoms with E-state index < -0.39 is 11.9 Å². The first kappa shape index (κ1) is 13.7. The van der Waals surface area contributed by atoms with Crippen LogP contribution in [0.1, 0.15) is 44.6 Å². The number of carbonyl (C=O) groups is 1. The highest BCUT2D eigenvalue weighted by Gasteiger charge is 2.19. The van der Waals surface area contributed by atoms with Gasteiger partial charge in [-0.25, -0.2) is 4.39 Å². The zero-order valence-electron chi connectivity index (χ0n) is 10.3. The molecule has 1 rings (SSSR count). The summed E-state index contributed by atoms with van der Waals surface area (Å²) in [6.45, 7) is 4.22. The van der Waals surface area contributed by atoms with E-state index in [0.29, 0.717) is 17.9 Å². The Morgan fingerprint density at radius 2 is 2.06 bits per heavy atom. The van der Waals surface area contributed by atoms with Crippen molar-refractivity contribution in [2.24, 2.45) is 5.92 Å². The highest BCUT2D eigenvalue weighted by atomic mass is 19.1. The van der Waals surface area contributed by atoms with E-state index in [1.807, 2.05) is 0 Å². The molecule has 1 aromatic carbocycles. The maximum atomic E-state index is 13.0. The summed E-state index contributed by atoms with van der Waals surface area (Å²) in [6, 6.07) is 5.88. The van der Waals surface area contributed by atoms with Gasteiger partial charge in [-0.1, -0.05) is 38.8 Å². The second-order valence-corrected chi connectivity index (χ2v) is 4.77. The SMILES string of the molecule is CC(C)CCCC(C(=O)O)c1cccc(F)c1. The lowest BCUT2D eigenvalue weighted by molar-refractivity contribution is -0.139. The Kier molecular flexibility index (Phi) is 5.13. The predicted molar refractivity (Wildman–Crippen MR) is 65.5 cm³/mol. The van der Waals surface area contributed by atoms with Crippen LogP contribution in [-0.4, -0.2) is 11.1 Å². The lowest BCUT2D eigenvalue weighted by atomic mass is 9.92. The zero-order chi connectivity index (χ0) is 12.8. The molecule has 0 spiro atoms. The molecule has 1 atom stereocenters. The van der Waals surface area contributed by atoms with Gasteiger partial charge in [0.15, 0.2) is 0 Å². The third kappa shape index (κ3) is 4.55. The van der Waals surface area contributed by atoms with Gasteiger partial charge in [-0.15, -0.1) is 0 Å². The van der Waals surface area contributed by atoms with Crippen LogP contribution in [0.5, 0.6) is 0 Å². The number of carboxylic acids is 1. The molecule has 0 aliphatic rings. The van der Waals surface area contributed by atoms with Crippen molar-refractivity contribution in [2.45, 2.75) is 39.0 Å². The third-order valence-electron chi connectivity index (χ3n) is 2.82. The van der Waals surface area contributed by atoms with Gasteiger partial charge in [0.25, 0.3) is 0 Å². The van der Waals surface area contributed by atoms with Gasteiger partial charge in [-0.3, -0.25) is 4.79 Å². The van der Waals surface area contributed by atoms with Gasteiger partial charge in [0, 0.05) is 0 Å². The lowest BCUT2D eigenvalue weighted by Crippen LogP contribution is -2.12. The molecule has 17 heavy (non-hydrogen) atoms. The minimum atomic E-state index is -0.876. The van der Waals surface area contributed by atoms with Gasteiger partial charge >= 0.3 is 5.97 Å². The Hall–Kier alpha value is -1.38. The quantitative estimate of drug-likeness (QED) is 0.818. The summed E-state index contributed by atoms with van der Waals surface area (Å²) >= 11 is 0. The topological polar surface area (TPSA) is 37.3 Å². The molecule has 0 aliphatic heterocycles. The van der Waals surface area contributed by atoms with Crippen molar-refractivity contribution in [2.75, 3.05) is 0 Å². The first-order valence-corrected chi connectivity index (χ1v) is 5.99. The van der Waals surface area contributed by atoms with Crippen LogP contribution >= 0.6 is 0 Å². The summed E-state index contributed by atoms with van der Waals surface area (Å²) in [6.07, 6.45) is 2.42. The first-order valence-electron chi connectivity index (χ1n) is 5.99. The Balaban J connectivity index is 2.69. The highest BCUT2D eigenvalue weighted by Crippen LogP contribution is 2.24. The number of halogens is 1. The van der Waals surface area contributed by atoms with Crippen molar-refractivity contribution >= 4 is 5.97 Å². The maximum absolute atomic E-state index is 13.0. The summed E-state index contributed by atoms with van der Waals surface area (Å²) in [7, 11) is 0. The van der Waals surface area contributed by atoms with E-state index in [-0.39, 0.29) is 5.82 Å². The standard InChI is InChI=1S/C14H19FO2/c1-10(2)5-3-8-13(14(16)17)11-6-4-7-12(15)9-11/h4,6-7,9-10,13H,3,5,8H2,1-2H3,(H,16,17). The van der Waals surface area contributed by atoms with Crippen LogP contribution in [0.4, 0.5) is 4.39 Å². The molecule has 1 unspecified atom stereocenters. The largest absolute Gasteiger partial charge is 0.481 e. The van der Waals surface area contributed by atoms with Crippen molar-refractivity contribution < 1.29 is 14.3 Å². The summed E-state index contributed by atoms with van der Waals surface area (Å²) in [5.74, 6) is -1.28. The highest BCUT2D eigenvalue weighted by molar-refractivity contribution is 5.75. The fraction of sp³-hybridized carbons (Fsp3) is 0.500. The molecule has 1 aromatic rings. The Labute approximate surface area is 101 Å². The molecule has 2 nitrogen and oxygen atoms in total. The molecule has 0 heterocycles. The van der Waals surface area contributed by atoms with Gasteiger partial charge in [0.2, 0.25) is 0 Å².